The summed E-state index contributed by atoms with van der Waals surface area (Å²) in [6, 6.07) is 0. The molecule has 0 saturated carbocycles. The van der Waals surface area contributed by atoms with Crippen molar-refractivity contribution in [1.82, 2.24) is 9.78 Å². The van der Waals surface area contributed by atoms with Gasteiger partial charge in [-0.1, -0.05) is 0 Å². The van der Waals surface area contributed by atoms with Gasteiger partial charge in [-0.05, 0) is 0 Å². The maximum absolute atomic E-state index is 10.3. The molecule has 5 nitrogen and oxygen atoms in total. The fourth-order valence-corrected chi connectivity index (χ4v) is 0.674. The lowest BCUT2D eigenvalue weighted by Crippen LogP contribution is -2.05. The maximum Gasteiger partial charge on any atom is 0.358 e. The first-order valence-corrected chi connectivity index (χ1v) is 2.57. The predicted octanol–water partition coefficient (Wildman–Crippen LogP) is -0.176. The number of hydrogen-bond acceptors (Lipinski definition) is 3. The molecular formula is C5H6N2O3. The summed E-state index contributed by atoms with van der Waals surface area (Å²) in [6.07, 6.45) is 1.09. The molecule has 54 valence electrons. The van der Waals surface area contributed by atoms with Gasteiger partial charge in [-0.15, -0.1) is 0 Å². The van der Waals surface area contributed by atoms with Crippen LogP contribution in [0.15, 0.2) is 6.20 Å². The highest BCUT2D eigenvalue weighted by Crippen LogP contribution is 2.13. The van der Waals surface area contributed by atoms with Gasteiger partial charge < -0.3 is 10.2 Å². The molecule has 0 amide bonds. The summed E-state index contributed by atoms with van der Waals surface area (Å²) in [4.78, 5) is 10.3. The molecule has 0 aliphatic rings. The van der Waals surface area contributed by atoms with Crippen molar-refractivity contribution in [3.63, 3.8) is 0 Å². The summed E-state index contributed by atoms with van der Waals surface area (Å²) in [6.45, 7) is 0. The molecule has 0 bridgehead atoms. The van der Waals surface area contributed by atoms with E-state index in [9.17, 15) is 4.79 Å². The lowest BCUT2D eigenvalue weighted by Gasteiger charge is -1.93. The number of carbonyl (C=O) groups is 1. The number of carboxylic acid groups (broad SMARTS) is 1. The van der Waals surface area contributed by atoms with E-state index in [-0.39, 0.29) is 11.4 Å². The van der Waals surface area contributed by atoms with Crippen molar-refractivity contribution in [3.8, 4) is 5.75 Å². The van der Waals surface area contributed by atoms with E-state index in [4.69, 9.17) is 10.2 Å². The van der Waals surface area contributed by atoms with Crippen molar-refractivity contribution in [2.75, 3.05) is 0 Å². The second kappa shape index (κ2) is 2.02. The molecule has 1 aromatic heterocycles. The molecule has 0 spiro atoms. The molecular weight excluding hydrogens is 136 g/mol. The Kier molecular flexibility index (Phi) is 1.33. The Morgan fingerprint density at radius 2 is 2.40 bits per heavy atom. The topological polar surface area (TPSA) is 75.3 Å². The van der Waals surface area contributed by atoms with Crippen LogP contribution in [0.3, 0.4) is 0 Å². The minimum atomic E-state index is -1.18. The molecule has 10 heavy (non-hydrogen) atoms. The zero-order chi connectivity index (χ0) is 7.72. The van der Waals surface area contributed by atoms with E-state index in [2.05, 4.69) is 5.10 Å². The van der Waals surface area contributed by atoms with Crippen molar-refractivity contribution in [3.05, 3.63) is 11.9 Å². The van der Waals surface area contributed by atoms with Gasteiger partial charge in [0.05, 0.1) is 6.20 Å². The average molecular weight is 142 g/mol. The van der Waals surface area contributed by atoms with Crippen LogP contribution in [0.2, 0.25) is 0 Å². The van der Waals surface area contributed by atoms with Gasteiger partial charge in [0.2, 0.25) is 0 Å². The number of carboxylic acids is 1. The molecule has 2 N–H and O–H groups in total. The van der Waals surface area contributed by atoms with Crippen molar-refractivity contribution >= 4 is 5.97 Å². The Morgan fingerprint density at radius 1 is 1.80 bits per heavy atom. The van der Waals surface area contributed by atoms with E-state index < -0.39 is 5.97 Å². The van der Waals surface area contributed by atoms with Gasteiger partial charge >= 0.3 is 5.97 Å². The Labute approximate surface area is 56.5 Å². The quantitative estimate of drug-likeness (QED) is 0.570. The van der Waals surface area contributed by atoms with E-state index in [1.165, 1.54) is 7.05 Å². The molecule has 1 heterocycles. The standard InChI is InChI=1S/C5H6N2O3/c1-7-4(5(9)10)3(8)2-6-7/h2,8H,1H3,(H,9,10). The molecule has 0 aliphatic carbocycles. The number of hydrogen-bond donors (Lipinski definition) is 2. The first kappa shape index (κ1) is 6.60. The Hall–Kier alpha value is -1.52. The fraction of sp³-hybridized carbons (Fsp3) is 0.200. The second-order valence-electron chi connectivity index (χ2n) is 1.81. The first-order chi connectivity index (χ1) is 4.63. The van der Waals surface area contributed by atoms with Crippen LogP contribution >= 0.6 is 0 Å². The van der Waals surface area contributed by atoms with Crippen LogP contribution in [0.5, 0.6) is 5.75 Å². The van der Waals surface area contributed by atoms with Crippen LogP contribution in [-0.2, 0) is 7.05 Å². The van der Waals surface area contributed by atoms with Gasteiger partial charge in [-0.2, -0.15) is 5.10 Å². The largest absolute Gasteiger partial charge is 0.504 e. The minimum absolute atomic E-state index is 0.194. The molecule has 0 radical (unpaired) electrons. The van der Waals surface area contributed by atoms with Crippen LogP contribution in [0.4, 0.5) is 0 Å². The lowest BCUT2D eigenvalue weighted by molar-refractivity contribution is 0.0681. The predicted molar refractivity (Wildman–Crippen MR) is 31.8 cm³/mol. The van der Waals surface area contributed by atoms with Crippen LogP contribution in [0, 0.1) is 0 Å². The maximum atomic E-state index is 10.3. The Morgan fingerprint density at radius 3 is 2.60 bits per heavy atom. The monoisotopic (exact) mass is 142 g/mol. The van der Waals surface area contributed by atoms with E-state index >= 15 is 0 Å². The summed E-state index contributed by atoms with van der Waals surface area (Å²) < 4.78 is 1.09. The highest BCUT2D eigenvalue weighted by molar-refractivity contribution is 5.88. The van der Waals surface area contributed by atoms with Gasteiger partial charge in [0.1, 0.15) is 0 Å². The summed E-state index contributed by atoms with van der Waals surface area (Å²) >= 11 is 0. The molecule has 1 aromatic rings. The van der Waals surface area contributed by atoms with E-state index in [1.807, 2.05) is 0 Å². The van der Waals surface area contributed by atoms with Crippen LogP contribution < -0.4 is 0 Å². The zero-order valence-corrected chi connectivity index (χ0v) is 5.27. The van der Waals surface area contributed by atoms with E-state index in [0.29, 0.717) is 0 Å². The lowest BCUT2D eigenvalue weighted by atomic mass is 10.4. The van der Waals surface area contributed by atoms with E-state index in [1.54, 1.807) is 0 Å². The normalized spacial score (nSPS) is 9.70. The SMILES string of the molecule is Cn1ncc(O)c1C(=O)O. The number of rotatable bonds is 1. The molecule has 0 aromatic carbocycles. The molecule has 0 unspecified atom stereocenters. The van der Waals surface area contributed by atoms with Crippen LogP contribution in [0.1, 0.15) is 10.5 Å². The van der Waals surface area contributed by atoms with Gasteiger partial charge in [-0.25, -0.2) is 4.79 Å². The third kappa shape index (κ3) is 0.812. The third-order valence-corrected chi connectivity index (χ3v) is 1.12. The minimum Gasteiger partial charge on any atom is -0.504 e. The second-order valence-corrected chi connectivity index (χ2v) is 1.81. The van der Waals surface area contributed by atoms with Gasteiger partial charge in [0.15, 0.2) is 11.4 Å². The number of aryl methyl sites for hydroxylation is 1. The van der Waals surface area contributed by atoms with Gasteiger partial charge in [0, 0.05) is 7.05 Å². The number of nitrogens with zero attached hydrogens (tertiary/aromatic N) is 2. The van der Waals surface area contributed by atoms with Crippen LogP contribution in [0.25, 0.3) is 0 Å². The van der Waals surface area contributed by atoms with Crippen molar-refractivity contribution in [2.45, 2.75) is 0 Å². The third-order valence-electron chi connectivity index (χ3n) is 1.12. The molecule has 5 heteroatoms. The number of aromatic carboxylic acids is 1. The molecule has 0 fully saturated rings. The molecule has 0 atom stereocenters. The van der Waals surface area contributed by atoms with Gasteiger partial charge in [0.25, 0.3) is 0 Å². The number of aromatic hydroxyl groups is 1. The average Bonchev–Trinajstić information content (AvgIpc) is 2.11. The Bertz CT molecular complexity index is 246. The van der Waals surface area contributed by atoms with E-state index in [0.717, 1.165) is 10.9 Å². The molecule has 0 aliphatic heterocycles. The highest BCUT2D eigenvalue weighted by atomic mass is 16.4. The summed E-state index contributed by atoms with van der Waals surface area (Å²) in [7, 11) is 1.45. The molecule has 0 saturated heterocycles. The first-order valence-electron chi connectivity index (χ1n) is 2.57. The zero-order valence-electron chi connectivity index (χ0n) is 5.27. The molecule has 1 rings (SSSR count). The van der Waals surface area contributed by atoms with Crippen molar-refractivity contribution in [1.29, 1.82) is 0 Å². The fourth-order valence-electron chi connectivity index (χ4n) is 0.674. The summed E-state index contributed by atoms with van der Waals surface area (Å²) in [5.74, 6) is -1.49. The van der Waals surface area contributed by atoms with Gasteiger partial charge in [-0.3, -0.25) is 4.68 Å². The summed E-state index contributed by atoms with van der Waals surface area (Å²) in [5, 5.41) is 20.8. The number of aromatic nitrogens is 2. The van der Waals surface area contributed by atoms with Crippen LogP contribution in [-0.4, -0.2) is 26.0 Å². The smallest absolute Gasteiger partial charge is 0.358 e. The summed E-state index contributed by atoms with van der Waals surface area (Å²) in [5.41, 5.74) is -0.194. The highest BCUT2D eigenvalue weighted by Gasteiger charge is 2.13. The van der Waals surface area contributed by atoms with Crippen molar-refractivity contribution in [2.24, 2.45) is 7.05 Å². The van der Waals surface area contributed by atoms with Crippen molar-refractivity contribution < 1.29 is 15.0 Å². The Balaban J connectivity index is 3.23.